The number of hydrogen-bond donors (Lipinski definition) is 4. The number of benzene rings is 1. The van der Waals surface area contributed by atoms with E-state index in [1.54, 1.807) is 0 Å². The molecular weight excluding hydrogens is 258 g/mol. The maximum Gasteiger partial charge on any atom is 0.405 e. The van der Waals surface area contributed by atoms with E-state index < -0.39 is 11.6 Å². The first-order chi connectivity index (χ1) is 9.49. The summed E-state index contributed by atoms with van der Waals surface area (Å²) in [6, 6.07) is 7.49. The molecule has 0 unspecified atom stereocenters. The van der Waals surface area contributed by atoms with Gasteiger partial charge in [0.1, 0.15) is 0 Å². The molecule has 6 nitrogen and oxygen atoms in total. The van der Waals surface area contributed by atoms with E-state index >= 15 is 0 Å². The zero-order valence-electron chi connectivity index (χ0n) is 11.4. The van der Waals surface area contributed by atoms with Crippen molar-refractivity contribution in [2.24, 2.45) is 0 Å². The predicted octanol–water partition coefficient (Wildman–Crippen LogP) is 1.19. The molecule has 1 saturated heterocycles. The first-order valence-electron chi connectivity index (χ1n) is 6.57. The van der Waals surface area contributed by atoms with Crippen molar-refractivity contribution in [3.8, 4) is 0 Å². The molecule has 1 atom stereocenters. The van der Waals surface area contributed by atoms with Crippen molar-refractivity contribution in [1.29, 1.82) is 0 Å². The monoisotopic (exact) mass is 277 g/mol. The molecule has 1 aliphatic heterocycles. The van der Waals surface area contributed by atoms with E-state index in [-0.39, 0.29) is 5.91 Å². The van der Waals surface area contributed by atoms with E-state index in [4.69, 9.17) is 5.11 Å². The summed E-state index contributed by atoms with van der Waals surface area (Å²) in [5.41, 5.74) is 1.25. The summed E-state index contributed by atoms with van der Waals surface area (Å²) in [5.74, 6) is -0.122. The quantitative estimate of drug-likeness (QED) is 0.665. The summed E-state index contributed by atoms with van der Waals surface area (Å²) in [7, 11) is 0. The summed E-state index contributed by atoms with van der Waals surface area (Å²) in [6.45, 7) is 2.87. The van der Waals surface area contributed by atoms with Gasteiger partial charge in [0.2, 0.25) is 5.91 Å². The Morgan fingerprint density at radius 3 is 2.85 bits per heavy atom. The minimum absolute atomic E-state index is 0.122. The molecule has 20 heavy (non-hydrogen) atoms. The highest BCUT2D eigenvalue weighted by Crippen LogP contribution is 2.22. The highest BCUT2D eigenvalue weighted by Gasteiger charge is 2.35. The normalized spacial score (nSPS) is 21.4. The molecule has 1 heterocycles. The minimum atomic E-state index is -1.01. The lowest BCUT2D eigenvalue weighted by molar-refractivity contribution is -0.114. The summed E-state index contributed by atoms with van der Waals surface area (Å²) in [4.78, 5) is 22.0. The first-order valence-corrected chi connectivity index (χ1v) is 6.57. The summed E-state index contributed by atoms with van der Waals surface area (Å²) in [5, 5.41) is 17.5. The highest BCUT2D eigenvalue weighted by atomic mass is 16.4. The van der Waals surface area contributed by atoms with E-state index in [1.165, 1.54) is 6.92 Å². The smallest absolute Gasteiger partial charge is 0.405 e. The van der Waals surface area contributed by atoms with Crippen molar-refractivity contribution >= 4 is 17.7 Å². The van der Waals surface area contributed by atoms with E-state index in [1.807, 2.05) is 24.3 Å². The van der Waals surface area contributed by atoms with Crippen LogP contribution in [0.1, 0.15) is 18.9 Å². The Kier molecular flexibility index (Phi) is 4.24. The number of anilines is 1. The van der Waals surface area contributed by atoms with Crippen LogP contribution in [0.3, 0.4) is 0 Å². The van der Waals surface area contributed by atoms with Gasteiger partial charge in [0.15, 0.2) is 0 Å². The Labute approximate surface area is 117 Å². The topological polar surface area (TPSA) is 90.5 Å². The maximum absolute atomic E-state index is 11.1. The second-order valence-electron chi connectivity index (χ2n) is 5.20. The van der Waals surface area contributed by atoms with Gasteiger partial charge in [0, 0.05) is 19.2 Å². The number of carbonyl (C=O) groups excluding carboxylic acids is 1. The van der Waals surface area contributed by atoms with Crippen molar-refractivity contribution in [2.45, 2.75) is 25.3 Å². The highest BCUT2D eigenvalue weighted by molar-refractivity contribution is 5.88. The third kappa shape index (κ3) is 3.71. The van der Waals surface area contributed by atoms with Crippen molar-refractivity contribution in [3.05, 3.63) is 29.8 Å². The second-order valence-corrected chi connectivity index (χ2v) is 5.20. The summed E-state index contributed by atoms with van der Waals surface area (Å²) < 4.78 is 0. The lowest BCUT2D eigenvalue weighted by Crippen LogP contribution is -2.51. The number of rotatable bonds is 4. The van der Waals surface area contributed by atoms with Crippen LogP contribution in [0.25, 0.3) is 0 Å². The molecule has 1 fully saturated rings. The lowest BCUT2D eigenvalue weighted by Gasteiger charge is -2.28. The Morgan fingerprint density at radius 1 is 1.45 bits per heavy atom. The van der Waals surface area contributed by atoms with Crippen molar-refractivity contribution in [3.63, 3.8) is 0 Å². The van der Waals surface area contributed by atoms with Crippen molar-refractivity contribution in [1.82, 2.24) is 10.6 Å². The fourth-order valence-corrected chi connectivity index (χ4v) is 2.63. The molecule has 0 spiro atoms. The Hall–Kier alpha value is -2.08. The number of carbonyl (C=O) groups is 2. The second kappa shape index (κ2) is 5.92. The van der Waals surface area contributed by atoms with Gasteiger partial charge < -0.3 is 21.1 Å². The molecule has 2 rings (SSSR count). The number of nitrogens with one attached hydrogen (secondary N) is 3. The molecule has 108 valence electrons. The molecule has 1 aromatic rings. The number of hydrogen-bond acceptors (Lipinski definition) is 3. The molecule has 1 aliphatic rings. The van der Waals surface area contributed by atoms with Gasteiger partial charge in [-0.25, -0.2) is 4.79 Å². The minimum Gasteiger partial charge on any atom is -0.465 e. The molecule has 6 heteroatoms. The molecule has 4 N–H and O–H groups in total. The Balaban J connectivity index is 2.14. The molecule has 0 radical (unpaired) electrons. The van der Waals surface area contributed by atoms with Crippen LogP contribution in [0.15, 0.2) is 24.3 Å². The van der Waals surface area contributed by atoms with Gasteiger partial charge in [0.05, 0.1) is 5.54 Å². The van der Waals surface area contributed by atoms with Crippen LogP contribution in [-0.2, 0) is 11.2 Å². The molecule has 0 aliphatic carbocycles. The fraction of sp³-hybridized carbons (Fsp3) is 0.429. The van der Waals surface area contributed by atoms with Gasteiger partial charge in [-0.05, 0) is 37.1 Å². The van der Waals surface area contributed by atoms with Crippen LogP contribution in [0.2, 0.25) is 0 Å². The summed E-state index contributed by atoms with van der Waals surface area (Å²) in [6.07, 6.45) is 0.343. The maximum atomic E-state index is 11.1. The van der Waals surface area contributed by atoms with Crippen LogP contribution in [0.5, 0.6) is 0 Å². The predicted molar refractivity (Wildman–Crippen MR) is 75.8 cm³/mol. The first kappa shape index (κ1) is 14.3. The van der Waals surface area contributed by atoms with E-state index in [2.05, 4.69) is 16.0 Å². The average Bonchev–Trinajstić information content (AvgIpc) is 2.75. The SMILES string of the molecule is CC(=O)Nc1cccc(C[C@@]2(NC(=O)O)CCNC2)c1. The van der Waals surface area contributed by atoms with Gasteiger partial charge in [-0.2, -0.15) is 0 Å². The fourth-order valence-electron chi connectivity index (χ4n) is 2.63. The van der Waals surface area contributed by atoms with Crippen LogP contribution in [-0.4, -0.2) is 35.7 Å². The van der Waals surface area contributed by atoms with E-state index in [0.717, 1.165) is 24.2 Å². The average molecular weight is 277 g/mol. The van der Waals surface area contributed by atoms with Crippen LogP contribution in [0.4, 0.5) is 10.5 Å². The van der Waals surface area contributed by atoms with E-state index in [0.29, 0.717) is 13.0 Å². The van der Waals surface area contributed by atoms with Crippen LogP contribution in [0, 0.1) is 0 Å². The van der Waals surface area contributed by atoms with Gasteiger partial charge in [-0.1, -0.05) is 12.1 Å². The van der Waals surface area contributed by atoms with Gasteiger partial charge in [-0.15, -0.1) is 0 Å². The zero-order valence-corrected chi connectivity index (χ0v) is 11.4. The molecule has 0 saturated carbocycles. The third-order valence-electron chi connectivity index (χ3n) is 3.41. The molecule has 0 bridgehead atoms. The summed E-state index contributed by atoms with van der Waals surface area (Å²) >= 11 is 0. The molecule has 2 amide bonds. The van der Waals surface area contributed by atoms with Crippen molar-refractivity contribution in [2.75, 3.05) is 18.4 Å². The third-order valence-corrected chi connectivity index (χ3v) is 3.41. The van der Waals surface area contributed by atoms with Gasteiger partial charge in [0.25, 0.3) is 0 Å². The van der Waals surface area contributed by atoms with Gasteiger partial charge >= 0.3 is 6.09 Å². The van der Waals surface area contributed by atoms with E-state index in [9.17, 15) is 9.59 Å². The van der Waals surface area contributed by atoms with Crippen molar-refractivity contribution < 1.29 is 14.7 Å². The largest absolute Gasteiger partial charge is 0.465 e. The Morgan fingerprint density at radius 2 is 2.25 bits per heavy atom. The lowest BCUT2D eigenvalue weighted by atomic mass is 9.90. The van der Waals surface area contributed by atoms with Crippen LogP contribution < -0.4 is 16.0 Å². The molecular formula is C14H19N3O3. The van der Waals surface area contributed by atoms with Gasteiger partial charge in [-0.3, -0.25) is 4.79 Å². The number of carboxylic acid groups (broad SMARTS) is 1. The molecule has 0 aromatic heterocycles. The number of amides is 2. The zero-order chi connectivity index (χ0) is 14.6. The van der Waals surface area contributed by atoms with Crippen LogP contribution >= 0.6 is 0 Å². The Bertz CT molecular complexity index is 510. The molecule has 1 aromatic carbocycles. The standard InChI is InChI=1S/C14H19N3O3/c1-10(18)16-12-4-2-3-11(7-12)8-14(17-13(19)20)5-6-15-9-14/h2-4,7,15,17H,5-6,8-9H2,1H3,(H,16,18)(H,19,20)/t14-/m0/s1.